The van der Waals surface area contributed by atoms with E-state index < -0.39 is 0 Å². The van der Waals surface area contributed by atoms with Gasteiger partial charge in [-0.05, 0) is 68.9 Å². The van der Waals surface area contributed by atoms with Crippen molar-refractivity contribution in [3.8, 4) is 0 Å². The monoisotopic (exact) mass is 399 g/mol. The zero-order chi connectivity index (χ0) is 20.2. The number of aliphatic hydroxyl groups excluding tert-OH is 1. The van der Waals surface area contributed by atoms with E-state index in [0.29, 0.717) is 6.54 Å². The Balaban J connectivity index is 1.30. The number of fused-ring (bicyclic) bond motifs is 1. The first-order valence-corrected chi connectivity index (χ1v) is 11.2. The normalized spacial score (nSPS) is 26.9. The van der Waals surface area contributed by atoms with E-state index in [1.54, 1.807) is 0 Å². The van der Waals surface area contributed by atoms with Crippen LogP contribution in [0.2, 0.25) is 0 Å². The molecular formula is C23H33N3O3. The van der Waals surface area contributed by atoms with Gasteiger partial charge in [0.15, 0.2) is 0 Å². The summed E-state index contributed by atoms with van der Waals surface area (Å²) in [5.41, 5.74) is 2.95. The molecule has 0 bridgehead atoms. The van der Waals surface area contributed by atoms with E-state index in [2.05, 4.69) is 16.7 Å². The van der Waals surface area contributed by atoms with Crippen LogP contribution in [0.15, 0.2) is 18.2 Å². The van der Waals surface area contributed by atoms with Crippen LogP contribution in [-0.2, 0) is 11.2 Å². The number of carbonyl (C=O) groups excluding carboxylic acids is 2. The minimum atomic E-state index is -0.00663. The SMILES string of the molecule is O=C(NC1CCC(C(=O)N2CCCC(CO)C2)CC1)c1cccc2c1NCCC2. The Kier molecular flexibility index (Phi) is 6.38. The molecule has 6 heteroatoms. The van der Waals surface area contributed by atoms with Crippen molar-refractivity contribution in [3.05, 3.63) is 29.3 Å². The van der Waals surface area contributed by atoms with Gasteiger partial charge in [0, 0.05) is 38.2 Å². The fraction of sp³-hybridized carbons (Fsp3) is 0.652. The van der Waals surface area contributed by atoms with Crippen LogP contribution in [0.3, 0.4) is 0 Å². The highest BCUT2D eigenvalue weighted by molar-refractivity contribution is 6.00. The summed E-state index contributed by atoms with van der Waals surface area (Å²) in [4.78, 5) is 27.7. The molecule has 6 nitrogen and oxygen atoms in total. The Bertz CT molecular complexity index is 743. The lowest BCUT2D eigenvalue weighted by Gasteiger charge is -2.36. The molecule has 2 amide bonds. The van der Waals surface area contributed by atoms with Crippen molar-refractivity contribution in [2.24, 2.45) is 11.8 Å². The van der Waals surface area contributed by atoms with Crippen LogP contribution in [-0.4, -0.2) is 54.1 Å². The number of hydrogen-bond acceptors (Lipinski definition) is 4. The molecule has 0 aromatic heterocycles. The molecule has 29 heavy (non-hydrogen) atoms. The number of piperidine rings is 1. The fourth-order valence-electron chi connectivity index (χ4n) is 5.12. The van der Waals surface area contributed by atoms with E-state index in [1.165, 1.54) is 5.56 Å². The van der Waals surface area contributed by atoms with E-state index >= 15 is 0 Å². The third-order valence-electron chi connectivity index (χ3n) is 6.82. The van der Waals surface area contributed by atoms with Crippen LogP contribution in [0.4, 0.5) is 5.69 Å². The van der Waals surface area contributed by atoms with Crippen molar-refractivity contribution in [2.45, 2.75) is 57.4 Å². The van der Waals surface area contributed by atoms with Crippen LogP contribution in [0.25, 0.3) is 0 Å². The molecule has 0 radical (unpaired) electrons. The molecule has 1 aromatic carbocycles. The number of para-hydroxylation sites is 1. The standard InChI is InChI=1S/C23H33N3O3/c27-15-16-4-3-13-26(14-16)23(29)18-8-10-19(11-9-18)25-22(28)20-7-1-5-17-6-2-12-24-21(17)20/h1,5,7,16,18-19,24,27H,2-4,6,8-15H2,(H,25,28). The summed E-state index contributed by atoms with van der Waals surface area (Å²) in [5, 5.41) is 16.0. The van der Waals surface area contributed by atoms with Gasteiger partial charge < -0.3 is 20.6 Å². The van der Waals surface area contributed by atoms with Crippen LogP contribution < -0.4 is 10.6 Å². The van der Waals surface area contributed by atoms with Gasteiger partial charge in [0.2, 0.25) is 5.91 Å². The average Bonchev–Trinajstić information content (AvgIpc) is 2.78. The van der Waals surface area contributed by atoms with Crippen molar-refractivity contribution in [2.75, 3.05) is 31.6 Å². The molecule has 2 fully saturated rings. The van der Waals surface area contributed by atoms with Crippen LogP contribution in [0, 0.1) is 11.8 Å². The first-order valence-electron chi connectivity index (χ1n) is 11.2. The smallest absolute Gasteiger partial charge is 0.253 e. The van der Waals surface area contributed by atoms with E-state index in [9.17, 15) is 14.7 Å². The molecule has 0 spiro atoms. The number of aryl methyl sites for hydroxylation is 1. The quantitative estimate of drug-likeness (QED) is 0.727. The van der Waals surface area contributed by atoms with Gasteiger partial charge in [-0.2, -0.15) is 0 Å². The van der Waals surface area contributed by atoms with Crippen LogP contribution >= 0.6 is 0 Å². The first kappa shape index (κ1) is 20.2. The van der Waals surface area contributed by atoms with Gasteiger partial charge in [-0.3, -0.25) is 9.59 Å². The number of nitrogens with zero attached hydrogens (tertiary/aromatic N) is 1. The molecule has 3 N–H and O–H groups in total. The molecule has 1 aromatic rings. The van der Waals surface area contributed by atoms with Crippen molar-refractivity contribution >= 4 is 17.5 Å². The van der Waals surface area contributed by atoms with Crippen molar-refractivity contribution in [1.82, 2.24) is 10.2 Å². The lowest BCUT2D eigenvalue weighted by Crippen LogP contribution is -2.46. The maximum absolute atomic E-state index is 12.9. The summed E-state index contributed by atoms with van der Waals surface area (Å²) < 4.78 is 0. The molecule has 4 rings (SSSR count). The van der Waals surface area contributed by atoms with Gasteiger partial charge in [-0.15, -0.1) is 0 Å². The highest BCUT2D eigenvalue weighted by Gasteiger charge is 2.32. The number of amides is 2. The second-order valence-electron chi connectivity index (χ2n) is 8.87. The predicted octanol–water partition coefficient (Wildman–Crippen LogP) is 2.56. The number of anilines is 1. The lowest BCUT2D eigenvalue weighted by molar-refractivity contribution is -0.138. The Labute approximate surface area is 173 Å². The van der Waals surface area contributed by atoms with Gasteiger partial charge in [-0.1, -0.05) is 12.1 Å². The van der Waals surface area contributed by atoms with Gasteiger partial charge in [0.05, 0.1) is 11.3 Å². The van der Waals surface area contributed by atoms with Crippen molar-refractivity contribution in [1.29, 1.82) is 0 Å². The number of nitrogens with one attached hydrogen (secondary N) is 2. The van der Waals surface area contributed by atoms with Gasteiger partial charge in [-0.25, -0.2) is 0 Å². The lowest BCUT2D eigenvalue weighted by atomic mass is 9.84. The molecule has 3 aliphatic rings. The number of carbonyl (C=O) groups is 2. The summed E-state index contributed by atoms with van der Waals surface area (Å²) in [5.74, 6) is 0.530. The molecule has 2 aliphatic heterocycles. The van der Waals surface area contributed by atoms with E-state index in [4.69, 9.17) is 0 Å². The topological polar surface area (TPSA) is 81.7 Å². The van der Waals surface area contributed by atoms with Crippen LogP contribution in [0.1, 0.15) is 60.9 Å². The number of aliphatic hydroxyl groups is 1. The second-order valence-corrected chi connectivity index (χ2v) is 8.87. The largest absolute Gasteiger partial charge is 0.396 e. The van der Waals surface area contributed by atoms with E-state index in [-0.39, 0.29) is 36.3 Å². The van der Waals surface area contributed by atoms with Crippen molar-refractivity contribution < 1.29 is 14.7 Å². The third kappa shape index (κ3) is 4.58. The molecule has 1 unspecified atom stereocenters. The van der Waals surface area contributed by atoms with Gasteiger partial charge >= 0.3 is 0 Å². The third-order valence-corrected chi connectivity index (χ3v) is 6.82. The highest BCUT2D eigenvalue weighted by Crippen LogP contribution is 2.30. The molecule has 1 saturated heterocycles. The molecule has 158 valence electrons. The summed E-state index contributed by atoms with van der Waals surface area (Å²) in [7, 11) is 0. The second kappa shape index (κ2) is 9.16. The summed E-state index contributed by atoms with van der Waals surface area (Å²) in [6.07, 6.45) is 7.47. The van der Waals surface area contributed by atoms with Gasteiger partial charge in [0.1, 0.15) is 0 Å². The molecule has 1 atom stereocenters. The minimum Gasteiger partial charge on any atom is -0.396 e. The zero-order valence-corrected chi connectivity index (χ0v) is 17.2. The minimum absolute atomic E-state index is 0.00663. The fourth-order valence-corrected chi connectivity index (χ4v) is 5.12. The number of benzene rings is 1. The molecular weight excluding hydrogens is 366 g/mol. The van der Waals surface area contributed by atoms with Gasteiger partial charge in [0.25, 0.3) is 5.91 Å². The average molecular weight is 400 g/mol. The number of hydrogen-bond donors (Lipinski definition) is 3. The molecule has 1 aliphatic carbocycles. The highest BCUT2D eigenvalue weighted by atomic mass is 16.3. The first-order chi connectivity index (χ1) is 14.2. The Morgan fingerprint density at radius 3 is 2.76 bits per heavy atom. The maximum atomic E-state index is 12.9. The summed E-state index contributed by atoms with van der Waals surface area (Å²) in [6.45, 7) is 2.59. The van der Waals surface area contributed by atoms with E-state index in [1.807, 2.05) is 17.0 Å². The maximum Gasteiger partial charge on any atom is 0.253 e. The predicted molar refractivity (Wildman–Crippen MR) is 113 cm³/mol. The molecule has 1 saturated carbocycles. The van der Waals surface area contributed by atoms with Crippen LogP contribution in [0.5, 0.6) is 0 Å². The summed E-state index contributed by atoms with van der Waals surface area (Å²) >= 11 is 0. The van der Waals surface area contributed by atoms with Crippen molar-refractivity contribution in [3.63, 3.8) is 0 Å². The summed E-state index contributed by atoms with van der Waals surface area (Å²) in [6, 6.07) is 6.10. The Morgan fingerprint density at radius 2 is 1.97 bits per heavy atom. The number of rotatable bonds is 4. The molecule has 2 heterocycles. The zero-order valence-electron chi connectivity index (χ0n) is 17.2. The Morgan fingerprint density at radius 1 is 1.14 bits per heavy atom. The van der Waals surface area contributed by atoms with E-state index in [0.717, 1.165) is 75.7 Å². The number of likely N-dealkylation sites (tertiary alicyclic amines) is 1. The Hall–Kier alpha value is -2.08.